The minimum Gasteiger partial charge on any atom is -0.493 e. The van der Waals surface area contributed by atoms with Crippen molar-refractivity contribution in [2.75, 3.05) is 12.4 Å². The molecule has 0 fully saturated rings. The molecule has 1 aliphatic rings. The van der Waals surface area contributed by atoms with E-state index in [1.54, 1.807) is 23.1 Å². The molecule has 2 aromatic carbocycles. The molecule has 32 heavy (non-hydrogen) atoms. The molecule has 0 saturated heterocycles. The predicted molar refractivity (Wildman–Crippen MR) is 133 cm³/mol. The van der Waals surface area contributed by atoms with Crippen LogP contribution in [0.25, 0.3) is 10.2 Å². The van der Waals surface area contributed by atoms with E-state index in [1.807, 2.05) is 41.0 Å². The molecule has 0 unspecified atom stereocenters. The second-order valence-corrected chi connectivity index (χ2v) is 10.3. The van der Waals surface area contributed by atoms with Gasteiger partial charge in [-0.05, 0) is 61.4 Å². The van der Waals surface area contributed by atoms with Crippen molar-refractivity contribution in [3.05, 3.63) is 86.5 Å². The van der Waals surface area contributed by atoms with E-state index in [9.17, 15) is 4.79 Å². The summed E-state index contributed by atoms with van der Waals surface area (Å²) in [6.07, 6.45) is 4.04. The number of thioether (sulfide) groups is 1. The predicted octanol–water partition coefficient (Wildman–Crippen LogP) is 5.67. The number of benzene rings is 2. The van der Waals surface area contributed by atoms with Crippen LogP contribution in [0.5, 0.6) is 5.75 Å². The van der Waals surface area contributed by atoms with Crippen LogP contribution in [0.4, 0.5) is 0 Å². The van der Waals surface area contributed by atoms with Gasteiger partial charge in [0, 0.05) is 17.2 Å². The number of aryl methyl sites for hydroxylation is 4. The fourth-order valence-electron chi connectivity index (χ4n) is 4.25. The first-order valence-corrected chi connectivity index (χ1v) is 12.9. The molecule has 2 aromatic heterocycles. The normalized spacial score (nSPS) is 12.9. The van der Waals surface area contributed by atoms with Gasteiger partial charge in [-0.3, -0.25) is 9.36 Å². The average Bonchev–Trinajstić information content (AvgIpc) is 3.38. The molecule has 0 amide bonds. The molecule has 4 aromatic rings. The maximum atomic E-state index is 13.6. The Hall–Kier alpha value is -2.57. The van der Waals surface area contributed by atoms with Gasteiger partial charge in [0.1, 0.15) is 10.6 Å². The molecule has 2 heterocycles. The summed E-state index contributed by atoms with van der Waals surface area (Å²) in [6, 6.07) is 18.4. The van der Waals surface area contributed by atoms with Gasteiger partial charge in [0.2, 0.25) is 0 Å². The smallest absolute Gasteiger partial charge is 0.263 e. The van der Waals surface area contributed by atoms with Crippen LogP contribution in [0.2, 0.25) is 0 Å². The number of hydrogen-bond acceptors (Lipinski definition) is 5. The highest BCUT2D eigenvalue weighted by Crippen LogP contribution is 2.35. The molecule has 4 nitrogen and oxygen atoms in total. The lowest BCUT2D eigenvalue weighted by atomic mass is 10.1. The van der Waals surface area contributed by atoms with Gasteiger partial charge in [-0.15, -0.1) is 11.3 Å². The van der Waals surface area contributed by atoms with E-state index in [0.29, 0.717) is 13.2 Å². The molecule has 0 spiro atoms. The van der Waals surface area contributed by atoms with Crippen molar-refractivity contribution in [3.63, 3.8) is 0 Å². The number of thiophene rings is 1. The van der Waals surface area contributed by atoms with Gasteiger partial charge >= 0.3 is 0 Å². The summed E-state index contributed by atoms with van der Waals surface area (Å²) < 4.78 is 7.80. The topological polar surface area (TPSA) is 44.1 Å². The molecule has 164 valence electrons. The monoisotopic (exact) mass is 462 g/mol. The van der Waals surface area contributed by atoms with Crippen LogP contribution >= 0.6 is 23.1 Å². The number of fused-ring (bicyclic) bond motifs is 3. The van der Waals surface area contributed by atoms with Crippen molar-refractivity contribution >= 4 is 33.3 Å². The minimum absolute atomic E-state index is 0.118. The lowest BCUT2D eigenvalue weighted by Gasteiger charge is -2.13. The average molecular weight is 463 g/mol. The maximum absolute atomic E-state index is 13.6. The lowest BCUT2D eigenvalue weighted by molar-refractivity contribution is 0.343. The van der Waals surface area contributed by atoms with Crippen molar-refractivity contribution in [2.24, 2.45) is 0 Å². The van der Waals surface area contributed by atoms with Crippen molar-refractivity contribution in [1.82, 2.24) is 9.55 Å². The molecule has 6 heteroatoms. The van der Waals surface area contributed by atoms with Crippen LogP contribution in [0.3, 0.4) is 0 Å². The molecule has 0 saturated carbocycles. The number of nitrogens with zero attached hydrogens (tertiary/aromatic N) is 2. The Morgan fingerprint density at radius 1 is 1.12 bits per heavy atom. The zero-order valence-corrected chi connectivity index (χ0v) is 19.8. The van der Waals surface area contributed by atoms with Crippen LogP contribution in [0.1, 0.15) is 28.0 Å². The Morgan fingerprint density at radius 3 is 2.84 bits per heavy atom. The fraction of sp³-hybridized carbons (Fsp3) is 0.308. The molecule has 5 rings (SSSR count). The summed E-state index contributed by atoms with van der Waals surface area (Å²) in [5, 5.41) is 1.65. The standard InChI is InChI=1S/C26H26N2O2S2/c1-18-7-5-10-20(17-18)30-15-16-31-26-27-24-23(21-11-6-12-22(21)32-24)25(29)28(26)14-13-19-8-3-2-4-9-19/h2-5,7-10,17H,6,11-16H2,1H3. The van der Waals surface area contributed by atoms with Crippen molar-refractivity contribution in [1.29, 1.82) is 0 Å². The maximum Gasteiger partial charge on any atom is 0.263 e. The third kappa shape index (κ3) is 4.48. The van der Waals surface area contributed by atoms with Crippen LogP contribution < -0.4 is 10.3 Å². The van der Waals surface area contributed by atoms with Gasteiger partial charge < -0.3 is 4.74 Å². The Balaban J connectivity index is 1.38. The van der Waals surface area contributed by atoms with E-state index in [4.69, 9.17) is 9.72 Å². The zero-order valence-electron chi connectivity index (χ0n) is 18.2. The molecular formula is C26H26N2O2S2. The van der Waals surface area contributed by atoms with E-state index in [-0.39, 0.29) is 5.56 Å². The summed E-state index contributed by atoms with van der Waals surface area (Å²) in [4.78, 5) is 20.8. The van der Waals surface area contributed by atoms with Gasteiger partial charge in [0.15, 0.2) is 5.16 Å². The number of rotatable bonds is 8. The molecule has 1 aliphatic carbocycles. The van der Waals surface area contributed by atoms with Gasteiger partial charge in [0.25, 0.3) is 5.56 Å². The van der Waals surface area contributed by atoms with Crippen molar-refractivity contribution in [2.45, 2.75) is 44.3 Å². The van der Waals surface area contributed by atoms with E-state index < -0.39 is 0 Å². The minimum atomic E-state index is 0.118. The SMILES string of the molecule is Cc1cccc(OCCSc2nc3sc4c(c3c(=O)n2CCc2ccccc2)CCC4)c1. The first-order chi connectivity index (χ1) is 15.7. The summed E-state index contributed by atoms with van der Waals surface area (Å²) in [6.45, 7) is 3.27. The van der Waals surface area contributed by atoms with Crippen LogP contribution in [-0.4, -0.2) is 21.9 Å². The first-order valence-electron chi connectivity index (χ1n) is 11.1. The Kier molecular flexibility index (Phi) is 6.32. The van der Waals surface area contributed by atoms with Gasteiger partial charge in [-0.1, -0.05) is 54.2 Å². The molecule has 0 radical (unpaired) electrons. The highest BCUT2D eigenvalue weighted by Gasteiger charge is 2.23. The van der Waals surface area contributed by atoms with Crippen LogP contribution in [0.15, 0.2) is 64.5 Å². The molecule has 0 N–H and O–H groups in total. The van der Waals surface area contributed by atoms with E-state index in [1.165, 1.54) is 21.6 Å². The molecular weight excluding hydrogens is 436 g/mol. The Bertz CT molecular complexity index is 1290. The molecule has 0 aliphatic heterocycles. The van der Waals surface area contributed by atoms with Crippen LogP contribution in [-0.2, 0) is 25.8 Å². The lowest BCUT2D eigenvalue weighted by Crippen LogP contribution is -2.24. The van der Waals surface area contributed by atoms with Crippen LogP contribution in [0, 0.1) is 6.92 Å². The zero-order chi connectivity index (χ0) is 21.9. The largest absolute Gasteiger partial charge is 0.493 e. The summed E-state index contributed by atoms with van der Waals surface area (Å²) in [5.74, 6) is 1.62. The van der Waals surface area contributed by atoms with Gasteiger partial charge in [-0.25, -0.2) is 4.98 Å². The molecule has 0 bridgehead atoms. The fourth-order valence-corrected chi connectivity index (χ4v) is 6.39. The van der Waals surface area contributed by atoms with Gasteiger partial charge in [0.05, 0.1) is 12.0 Å². The number of aromatic nitrogens is 2. The van der Waals surface area contributed by atoms with E-state index >= 15 is 0 Å². The third-order valence-electron chi connectivity index (χ3n) is 5.83. The third-order valence-corrected chi connectivity index (χ3v) is 7.96. The highest BCUT2D eigenvalue weighted by atomic mass is 32.2. The van der Waals surface area contributed by atoms with E-state index in [0.717, 1.165) is 52.6 Å². The second kappa shape index (κ2) is 9.51. The summed E-state index contributed by atoms with van der Waals surface area (Å²) >= 11 is 3.32. The quantitative estimate of drug-likeness (QED) is 0.192. The first kappa shape index (κ1) is 21.3. The van der Waals surface area contributed by atoms with Crippen molar-refractivity contribution in [3.8, 4) is 5.75 Å². The molecule has 0 atom stereocenters. The van der Waals surface area contributed by atoms with Gasteiger partial charge in [-0.2, -0.15) is 0 Å². The Morgan fingerprint density at radius 2 is 2.00 bits per heavy atom. The Labute approximate surface area is 196 Å². The number of hydrogen-bond donors (Lipinski definition) is 0. The van der Waals surface area contributed by atoms with Crippen molar-refractivity contribution < 1.29 is 4.74 Å². The second-order valence-electron chi connectivity index (χ2n) is 8.14. The summed E-state index contributed by atoms with van der Waals surface area (Å²) in [7, 11) is 0. The van der Waals surface area contributed by atoms with E-state index in [2.05, 4.69) is 25.1 Å². The number of ether oxygens (including phenoxy) is 1. The summed E-state index contributed by atoms with van der Waals surface area (Å²) in [5.41, 5.74) is 3.78. The highest BCUT2D eigenvalue weighted by molar-refractivity contribution is 7.99.